The average Bonchev–Trinajstić information content (AvgIpc) is 2.50. The molecular weight excluding hydrogens is 254 g/mol. The Balaban J connectivity index is 2.56. The maximum atomic E-state index is 5.27. The van der Waals surface area contributed by atoms with E-state index in [1.165, 1.54) is 32.0 Å². The zero-order valence-corrected chi connectivity index (χ0v) is 13.1. The number of nitrogens with zero attached hydrogens (tertiary/aromatic N) is 2. The van der Waals surface area contributed by atoms with Crippen molar-refractivity contribution in [2.45, 2.75) is 46.1 Å². The summed E-state index contributed by atoms with van der Waals surface area (Å²) in [6.45, 7) is 6.14. The van der Waals surface area contributed by atoms with Crippen molar-refractivity contribution >= 4 is 0 Å². The van der Waals surface area contributed by atoms with Crippen LogP contribution in [0, 0.1) is 5.92 Å². The molecule has 0 aliphatic carbocycles. The monoisotopic (exact) mass is 281 g/mol. The highest BCUT2D eigenvalue weighted by Gasteiger charge is 2.13. The quantitative estimate of drug-likeness (QED) is 0.714. The normalized spacial score (nSPS) is 12.2. The highest BCUT2D eigenvalue weighted by molar-refractivity contribution is 5.34. The Morgan fingerprint density at radius 2 is 1.80 bits per heavy atom. The van der Waals surface area contributed by atoms with Gasteiger partial charge in [0.25, 0.3) is 0 Å². The van der Waals surface area contributed by atoms with Crippen LogP contribution in [0.4, 0.5) is 0 Å². The number of methoxy groups -OCH3 is 2. The Morgan fingerprint density at radius 3 is 2.30 bits per heavy atom. The van der Waals surface area contributed by atoms with Crippen LogP contribution in [0.25, 0.3) is 0 Å². The molecular formula is C15H27N3O2. The molecule has 114 valence electrons. The molecule has 0 saturated carbocycles. The largest absolute Gasteiger partial charge is 0.481 e. The van der Waals surface area contributed by atoms with Gasteiger partial charge in [0.1, 0.15) is 6.33 Å². The molecule has 1 heterocycles. The minimum absolute atomic E-state index is 0.575. The minimum atomic E-state index is 0.575. The molecule has 0 bridgehead atoms. The van der Waals surface area contributed by atoms with Gasteiger partial charge in [0.05, 0.1) is 19.8 Å². The lowest BCUT2D eigenvalue weighted by Gasteiger charge is -2.16. The summed E-state index contributed by atoms with van der Waals surface area (Å²) in [7, 11) is 3.22. The molecule has 1 atom stereocenters. The highest BCUT2D eigenvalue weighted by Crippen LogP contribution is 2.23. The van der Waals surface area contributed by atoms with Crippen LogP contribution in [0.15, 0.2) is 6.33 Å². The maximum absolute atomic E-state index is 5.27. The number of hydrogen-bond acceptors (Lipinski definition) is 5. The summed E-state index contributed by atoms with van der Waals surface area (Å²) >= 11 is 0. The van der Waals surface area contributed by atoms with E-state index in [9.17, 15) is 0 Å². The standard InChI is InChI=1S/C15H27N3O2/c1-5-7-8-12(6-2)9-16-10-13-14(19-3)17-11-18-15(13)20-4/h11-12,16H,5-10H2,1-4H3. The van der Waals surface area contributed by atoms with Gasteiger partial charge in [-0.25, -0.2) is 9.97 Å². The van der Waals surface area contributed by atoms with Gasteiger partial charge < -0.3 is 14.8 Å². The Bertz CT molecular complexity index is 363. The van der Waals surface area contributed by atoms with E-state index >= 15 is 0 Å². The Morgan fingerprint density at radius 1 is 1.15 bits per heavy atom. The van der Waals surface area contributed by atoms with Crippen molar-refractivity contribution in [1.82, 2.24) is 15.3 Å². The predicted molar refractivity (Wildman–Crippen MR) is 80.1 cm³/mol. The van der Waals surface area contributed by atoms with Gasteiger partial charge >= 0.3 is 0 Å². The lowest BCUT2D eigenvalue weighted by atomic mass is 9.99. The Hall–Kier alpha value is -1.36. The molecule has 5 nitrogen and oxygen atoms in total. The SMILES string of the molecule is CCCCC(CC)CNCc1c(OC)ncnc1OC. The van der Waals surface area contributed by atoms with Crippen LogP contribution in [0.1, 0.15) is 45.1 Å². The topological polar surface area (TPSA) is 56.3 Å². The smallest absolute Gasteiger partial charge is 0.224 e. The fraction of sp³-hybridized carbons (Fsp3) is 0.733. The number of rotatable bonds is 10. The molecule has 1 N–H and O–H groups in total. The van der Waals surface area contributed by atoms with Crippen molar-refractivity contribution in [2.75, 3.05) is 20.8 Å². The first-order chi connectivity index (χ1) is 9.76. The van der Waals surface area contributed by atoms with Crippen molar-refractivity contribution in [3.8, 4) is 11.8 Å². The van der Waals surface area contributed by atoms with Crippen LogP contribution < -0.4 is 14.8 Å². The van der Waals surface area contributed by atoms with Gasteiger partial charge in [0.15, 0.2) is 0 Å². The Kier molecular flexibility index (Phi) is 7.95. The second-order valence-corrected chi connectivity index (χ2v) is 4.92. The Labute approximate surface area is 122 Å². The molecule has 1 rings (SSSR count). The fourth-order valence-electron chi connectivity index (χ4n) is 2.23. The van der Waals surface area contributed by atoms with Crippen LogP contribution in [0.3, 0.4) is 0 Å². The zero-order valence-electron chi connectivity index (χ0n) is 13.1. The van der Waals surface area contributed by atoms with Crippen molar-refractivity contribution in [3.63, 3.8) is 0 Å². The third kappa shape index (κ3) is 4.96. The third-order valence-corrected chi connectivity index (χ3v) is 3.53. The van der Waals surface area contributed by atoms with Gasteiger partial charge in [-0.3, -0.25) is 0 Å². The number of aromatic nitrogens is 2. The van der Waals surface area contributed by atoms with Crippen molar-refractivity contribution in [1.29, 1.82) is 0 Å². The molecule has 0 spiro atoms. The second kappa shape index (κ2) is 9.53. The van der Waals surface area contributed by atoms with Crippen LogP contribution in [0.2, 0.25) is 0 Å². The average molecular weight is 281 g/mol. The first-order valence-corrected chi connectivity index (χ1v) is 7.39. The molecule has 0 fully saturated rings. The van der Waals surface area contributed by atoms with Gasteiger partial charge in [0, 0.05) is 6.54 Å². The van der Waals surface area contributed by atoms with E-state index in [1.807, 2.05) is 0 Å². The van der Waals surface area contributed by atoms with Gasteiger partial charge in [0.2, 0.25) is 11.8 Å². The number of ether oxygens (including phenoxy) is 2. The minimum Gasteiger partial charge on any atom is -0.481 e. The molecule has 20 heavy (non-hydrogen) atoms. The molecule has 1 unspecified atom stereocenters. The molecule has 0 radical (unpaired) electrons. The van der Waals surface area contributed by atoms with E-state index in [0.29, 0.717) is 18.3 Å². The van der Waals surface area contributed by atoms with E-state index in [2.05, 4.69) is 29.1 Å². The van der Waals surface area contributed by atoms with Gasteiger partial charge in [-0.1, -0.05) is 33.1 Å². The number of unbranched alkanes of at least 4 members (excludes halogenated alkanes) is 1. The molecule has 1 aromatic heterocycles. The van der Waals surface area contributed by atoms with Crippen LogP contribution >= 0.6 is 0 Å². The van der Waals surface area contributed by atoms with Gasteiger partial charge in [-0.15, -0.1) is 0 Å². The van der Waals surface area contributed by atoms with E-state index in [-0.39, 0.29) is 0 Å². The fourth-order valence-corrected chi connectivity index (χ4v) is 2.23. The summed E-state index contributed by atoms with van der Waals surface area (Å²) in [5.74, 6) is 1.87. The van der Waals surface area contributed by atoms with Gasteiger partial charge in [-0.05, 0) is 18.9 Å². The van der Waals surface area contributed by atoms with E-state index in [1.54, 1.807) is 14.2 Å². The number of nitrogens with one attached hydrogen (secondary N) is 1. The summed E-state index contributed by atoms with van der Waals surface area (Å²) in [6, 6.07) is 0. The number of hydrogen-bond donors (Lipinski definition) is 1. The molecule has 0 saturated heterocycles. The molecule has 0 aromatic carbocycles. The first-order valence-electron chi connectivity index (χ1n) is 7.39. The second-order valence-electron chi connectivity index (χ2n) is 4.92. The van der Waals surface area contributed by atoms with Crippen molar-refractivity contribution in [2.24, 2.45) is 5.92 Å². The summed E-state index contributed by atoms with van der Waals surface area (Å²) in [4.78, 5) is 8.24. The molecule has 0 aliphatic heterocycles. The van der Waals surface area contributed by atoms with E-state index in [4.69, 9.17) is 9.47 Å². The zero-order chi connectivity index (χ0) is 14.8. The lowest BCUT2D eigenvalue weighted by molar-refractivity contribution is 0.355. The van der Waals surface area contributed by atoms with Crippen LogP contribution in [0.5, 0.6) is 11.8 Å². The summed E-state index contributed by atoms with van der Waals surface area (Å²) in [5.41, 5.74) is 0.878. The summed E-state index contributed by atoms with van der Waals surface area (Å²) in [5, 5.41) is 3.47. The summed E-state index contributed by atoms with van der Waals surface area (Å²) < 4.78 is 10.5. The maximum Gasteiger partial charge on any atom is 0.224 e. The van der Waals surface area contributed by atoms with E-state index < -0.39 is 0 Å². The predicted octanol–water partition coefficient (Wildman–Crippen LogP) is 2.80. The van der Waals surface area contributed by atoms with Gasteiger partial charge in [-0.2, -0.15) is 0 Å². The molecule has 1 aromatic rings. The third-order valence-electron chi connectivity index (χ3n) is 3.53. The molecule has 5 heteroatoms. The molecule has 0 amide bonds. The van der Waals surface area contributed by atoms with Crippen molar-refractivity contribution < 1.29 is 9.47 Å². The highest BCUT2D eigenvalue weighted by atomic mass is 16.5. The van der Waals surface area contributed by atoms with Crippen LogP contribution in [-0.2, 0) is 6.54 Å². The summed E-state index contributed by atoms with van der Waals surface area (Å²) in [6.07, 6.45) is 6.48. The van der Waals surface area contributed by atoms with Crippen LogP contribution in [-0.4, -0.2) is 30.7 Å². The van der Waals surface area contributed by atoms with E-state index in [0.717, 1.165) is 18.0 Å². The first kappa shape index (κ1) is 16.7. The lowest BCUT2D eigenvalue weighted by Crippen LogP contribution is -2.23. The van der Waals surface area contributed by atoms with Crippen molar-refractivity contribution in [3.05, 3.63) is 11.9 Å². The molecule has 0 aliphatic rings.